The predicted octanol–water partition coefficient (Wildman–Crippen LogP) is 2.18. The number of methoxy groups -OCH3 is 2. The number of fused-ring (bicyclic) bond motifs is 2. The molecule has 7 atom stereocenters. The molecule has 54 heavy (non-hydrogen) atoms. The Morgan fingerprint density at radius 3 is 2.30 bits per heavy atom. The summed E-state index contributed by atoms with van der Waals surface area (Å²) in [5.41, 5.74) is 3.23. The first-order valence-electron chi connectivity index (χ1n) is 17.1. The van der Waals surface area contributed by atoms with Crippen molar-refractivity contribution in [3.05, 3.63) is 54.5 Å². The molecule has 1 aliphatic heterocycles. The fourth-order valence-electron chi connectivity index (χ4n) is 6.08. The van der Waals surface area contributed by atoms with Crippen molar-refractivity contribution in [1.82, 2.24) is 19.7 Å². The third-order valence-electron chi connectivity index (χ3n) is 8.57. The highest BCUT2D eigenvalue weighted by Gasteiger charge is 2.91. The van der Waals surface area contributed by atoms with E-state index in [-0.39, 0.29) is 38.0 Å². The lowest BCUT2D eigenvalue weighted by molar-refractivity contribution is -0.183. The number of esters is 3. The van der Waals surface area contributed by atoms with Crippen molar-refractivity contribution >= 4 is 37.0 Å². The smallest absolute Gasteiger partial charge is 0.459 e. The van der Waals surface area contributed by atoms with Crippen LogP contribution in [-0.2, 0) is 61.4 Å². The van der Waals surface area contributed by atoms with E-state index in [0.29, 0.717) is 11.2 Å². The van der Waals surface area contributed by atoms with E-state index in [4.69, 9.17) is 52.7 Å². The average molecular weight is 780 g/mol. The van der Waals surface area contributed by atoms with Crippen LogP contribution in [0.15, 0.2) is 48.8 Å². The summed E-state index contributed by atoms with van der Waals surface area (Å²) in [4.78, 5) is 43.9. The highest BCUT2D eigenvalue weighted by atomic mass is 31.2. The number of nitrogens with one attached hydrogen (secondary N) is 1. The number of hydrogen-bond acceptors (Lipinski definition) is 17. The molecule has 3 N–H and O–H groups in total. The van der Waals surface area contributed by atoms with Crippen LogP contribution in [0.5, 0.6) is 5.75 Å². The van der Waals surface area contributed by atoms with Gasteiger partial charge in [0.15, 0.2) is 11.9 Å². The van der Waals surface area contributed by atoms with Gasteiger partial charge in [-0.25, -0.2) is 23.7 Å². The van der Waals surface area contributed by atoms with Gasteiger partial charge in [-0.1, -0.05) is 18.2 Å². The number of carbonyl (C=O) groups excluding carboxylic acids is 3. The molecule has 1 aromatic carbocycles. The Labute approximate surface area is 311 Å². The summed E-state index contributed by atoms with van der Waals surface area (Å²) in [6.45, 7) is 5.81. The molecule has 3 heterocycles. The molecule has 1 saturated heterocycles. The van der Waals surface area contributed by atoms with Crippen molar-refractivity contribution in [3.8, 4) is 5.75 Å². The second kappa shape index (κ2) is 17.5. The Kier molecular flexibility index (Phi) is 13.3. The maximum Gasteiger partial charge on any atom is 0.459 e. The van der Waals surface area contributed by atoms with E-state index < -0.39 is 80.5 Å². The quantitative estimate of drug-likeness (QED) is 0.0683. The second-order valence-electron chi connectivity index (χ2n) is 12.8. The molecule has 5 rings (SSSR count). The maximum atomic E-state index is 14.8. The van der Waals surface area contributed by atoms with E-state index in [9.17, 15) is 18.9 Å². The van der Waals surface area contributed by atoms with E-state index in [0.717, 1.165) is 0 Å². The van der Waals surface area contributed by atoms with Crippen LogP contribution in [0.1, 0.15) is 39.5 Å². The lowest BCUT2D eigenvalue weighted by atomic mass is 10.0. The van der Waals surface area contributed by atoms with E-state index in [1.165, 1.54) is 51.0 Å². The predicted molar refractivity (Wildman–Crippen MR) is 187 cm³/mol. The molecular formula is C34H46N5O14P. The first-order valence-corrected chi connectivity index (χ1v) is 18.6. The third kappa shape index (κ3) is 8.84. The Morgan fingerprint density at radius 1 is 0.981 bits per heavy atom. The van der Waals surface area contributed by atoms with Crippen LogP contribution in [0.4, 0.5) is 5.82 Å². The van der Waals surface area contributed by atoms with E-state index in [2.05, 4.69) is 15.2 Å². The third-order valence-corrected chi connectivity index (χ3v) is 10.2. The minimum absolute atomic E-state index is 0.0673. The lowest BCUT2D eigenvalue weighted by Gasteiger charge is -2.30. The van der Waals surface area contributed by atoms with Crippen LogP contribution < -0.4 is 15.3 Å². The number of nitrogens with zero attached hydrogens (tertiary/aromatic N) is 3. The van der Waals surface area contributed by atoms with Crippen LogP contribution in [0, 0.1) is 0 Å². The minimum atomic E-state index is -4.60. The van der Waals surface area contributed by atoms with Gasteiger partial charge in [-0.15, -0.1) is 0 Å². The summed E-state index contributed by atoms with van der Waals surface area (Å²) in [6.07, 6.45) is -3.31. The van der Waals surface area contributed by atoms with Gasteiger partial charge >= 0.3 is 25.7 Å². The number of anilines is 1. The topological polar surface area (TPSA) is 229 Å². The number of rotatable bonds is 21. The summed E-state index contributed by atoms with van der Waals surface area (Å²) in [7, 11) is -1.65. The molecule has 1 unspecified atom stereocenters. The monoisotopic (exact) mass is 779 g/mol. The summed E-state index contributed by atoms with van der Waals surface area (Å²) in [5, 5.41) is 6.94. The van der Waals surface area contributed by atoms with Crippen molar-refractivity contribution in [2.75, 3.05) is 59.6 Å². The molecule has 0 spiro atoms. The highest BCUT2D eigenvalue weighted by Crippen LogP contribution is 2.70. The number of nitrogens with two attached hydrogens (primary N) is 1. The fourth-order valence-corrected chi connectivity index (χ4v) is 7.85. The Bertz CT molecular complexity index is 1810. The van der Waals surface area contributed by atoms with Gasteiger partial charge in [0.05, 0.1) is 38.2 Å². The molecule has 0 radical (unpaired) electrons. The first kappa shape index (κ1) is 41.0. The number of benzene rings is 1. The lowest BCUT2D eigenvalue weighted by Crippen LogP contribution is -2.45. The number of para-hydroxylation sites is 1. The van der Waals surface area contributed by atoms with E-state index in [1.807, 2.05) is 0 Å². The molecule has 1 saturated carbocycles. The number of ether oxygens (including phenoxy) is 8. The number of aromatic nitrogens is 3. The molecule has 0 amide bonds. The van der Waals surface area contributed by atoms with Gasteiger partial charge in [0.2, 0.25) is 5.60 Å². The molecule has 2 aromatic heterocycles. The van der Waals surface area contributed by atoms with Gasteiger partial charge < -0.3 is 48.2 Å². The van der Waals surface area contributed by atoms with E-state index >= 15 is 0 Å². The summed E-state index contributed by atoms with van der Waals surface area (Å²) < 4.78 is 73.3. The summed E-state index contributed by atoms with van der Waals surface area (Å²) in [5.74, 6) is -2.19. The zero-order valence-electron chi connectivity index (χ0n) is 30.8. The Hall–Kier alpha value is -4.20. The molecule has 2 aliphatic rings. The average Bonchev–Trinajstić information content (AvgIpc) is 3.38. The van der Waals surface area contributed by atoms with E-state index in [1.54, 1.807) is 44.2 Å². The maximum absolute atomic E-state index is 14.8. The van der Waals surface area contributed by atoms with Crippen LogP contribution >= 0.6 is 7.75 Å². The largest absolute Gasteiger partial charge is 0.462 e. The number of carbonyl (C=O) groups is 3. The normalized spacial score (nSPS) is 24.8. The van der Waals surface area contributed by atoms with Gasteiger partial charge in [0.25, 0.3) is 0 Å². The minimum Gasteiger partial charge on any atom is -0.462 e. The number of nitrogen functional groups attached to an aromatic ring is 1. The van der Waals surface area contributed by atoms with Crippen molar-refractivity contribution in [2.45, 2.75) is 69.4 Å². The van der Waals surface area contributed by atoms with Gasteiger partial charge in [-0.2, -0.15) is 10.2 Å². The Morgan fingerprint density at radius 2 is 1.65 bits per heavy atom. The molecule has 2 fully saturated rings. The standard InChI is InChI=1S/C34H46N5O14P/c1-21(2)48-31(42)22(3)38-54(43,52-23-10-8-7-9-11-23)53-32-33(4)34(32,50-27(41)19-47-17-15-45-6)29(49-26(40)18-46-16-14-44-5)28(51-33)24-12-13-25-30(35)36-20-37-39(24)25/h7-13,20-22,28-29,32H,14-19H2,1-6H3,(H,38,43)(H2,35,36,37)/t22-,28-,29-,32?,33+,34+,54+/m0/s1. The van der Waals surface area contributed by atoms with Crippen LogP contribution in [0.3, 0.4) is 0 Å². The molecule has 20 heteroatoms. The van der Waals surface area contributed by atoms with Crippen molar-refractivity contribution in [3.63, 3.8) is 0 Å². The van der Waals surface area contributed by atoms with Gasteiger partial charge in [0.1, 0.15) is 54.7 Å². The van der Waals surface area contributed by atoms with Crippen molar-refractivity contribution in [1.29, 1.82) is 0 Å². The molecule has 0 bridgehead atoms. The first-order chi connectivity index (χ1) is 25.8. The zero-order chi connectivity index (χ0) is 39.1. The van der Waals surface area contributed by atoms with Crippen molar-refractivity contribution < 1.29 is 65.9 Å². The van der Waals surface area contributed by atoms with Gasteiger partial charge in [-0.05, 0) is 52.0 Å². The van der Waals surface area contributed by atoms with Crippen LogP contribution in [0.2, 0.25) is 0 Å². The SMILES string of the molecule is COCCOCC(=O)O[C@H]1[C@H](c2ccc3c(N)ncnn23)O[C@]2(C)C(O[P@@](=O)(N[C@@H](C)C(=O)OC(C)C)Oc3ccccc3)[C@]12OC(=O)COCCOC. The van der Waals surface area contributed by atoms with Gasteiger partial charge in [0, 0.05) is 14.2 Å². The molecule has 1 aliphatic carbocycles. The van der Waals surface area contributed by atoms with Crippen LogP contribution in [-0.4, -0.2) is 122 Å². The second-order valence-corrected chi connectivity index (χ2v) is 14.5. The number of hydrogen-bond donors (Lipinski definition) is 2. The molecule has 296 valence electrons. The zero-order valence-corrected chi connectivity index (χ0v) is 31.7. The Balaban J connectivity index is 1.56. The van der Waals surface area contributed by atoms with Crippen molar-refractivity contribution in [2.24, 2.45) is 0 Å². The molecule has 19 nitrogen and oxygen atoms in total. The fraction of sp³-hybridized carbons (Fsp3) is 0.559. The highest BCUT2D eigenvalue weighted by molar-refractivity contribution is 7.52. The van der Waals surface area contributed by atoms with Gasteiger partial charge in [-0.3, -0.25) is 9.32 Å². The molecular weight excluding hydrogens is 733 g/mol. The summed E-state index contributed by atoms with van der Waals surface area (Å²) >= 11 is 0. The molecule has 3 aromatic rings. The summed E-state index contributed by atoms with van der Waals surface area (Å²) in [6, 6.07) is 10.2. The van der Waals surface area contributed by atoms with Crippen LogP contribution in [0.25, 0.3) is 5.52 Å².